The van der Waals surface area contributed by atoms with Crippen molar-refractivity contribution in [3.8, 4) is 0 Å². The van der Waals surface area contributed by atoms with Gasteiger partial charge in [-0.05, 0) is 32.4 Å². The van der Waals surface area contributed by atoms with E-state index in [0.717, 1.165) is 26.2 Å². The van der Waals surface area contributed by atoms with Gasteiger partial charge in [0.15, 0.2) is 0 Å². The Morgan fingerprint density at radius 1 is 1.47 bits per heavy atom. The molecule has 17 heavy (non-hydrogen) atoms. The van der Waals surface area contributed by atoms with Gasteiger partial charge in [0.2, 0.25) is 0 Å². The molecule has 2 saturated heterocycles. The highest BCUT2D eigenvalue weighted by Crippen LogP contribution is 2.39. The Morgan fingerprint density at radius 3 is 2.94 bits per heavy atom. The van der Waals surface area contributed by atoms with E-state index in [1.54, 1.807) is 7.11 Å². The van der Waals surface area contributed by atoms with E-state index in [2.05, 4.69) is 16.7 Å². The van der Waals surface area contributed by atoms with Crippen LogP contribution in [0, 0.1) is 0 Å². The lowest BCUT2D eigenvalue weighted by Gasteiger charge is -2.44. The number of fused-ring (bicyclic) bond motifs is 1. The summed E-state index contributed by atoms with van der Waals surface area (Å²) in [7, 11) is 1.78. The average molecular weight is 241 g/mol. The number of hydrogen-bond acceptors (Lipinski definition) is 4. The minimum Gasteiger partial charge on any atom is -0.383 e. The maximum atomic E-state index is 6.16. The number of nitrogens with two attached hydrogens (primary N) is 1. The van der Waals surface area contributed by atoms with E-state index in [9.17, 15) is 0 Å². The molecule has 0 amide bonds. The van der Waals surface area contributed by atoms with Crippen LogP contribution in [0.4, 0.5) is 0 Å². The van der Waals surface area contributed by atoms with E-state index in [1.807, 2.05) is 0 Å². The van der Waals surface area contributed by atoms with Crippen LogP contribution >= 0.6 is 0 Å². The molecule has 0 aromatic heterocycles. The van der Waals surface area contributed by atoms with Crippen molar-refractivity contribution >= 4 is 0 Å². The summed E-state index contributed by atoms with van der Waals surface area (Å²) < 4.78 is 5.24. The van der Waals surface area contributed by atoms with Gasteiger partial charge in [0.1, 0.15) is 0 Å². The Balaban J connectivity index is 2.11. The van der Waals surface area contributed by atoms with Crippen molar-refractivity contribution in [1.82, 2.24) is 9.80 Å². The highest BCUT2D eigenvalue weighted by Gasteiger charge is 2.50. The zero-order chi connectivity index (χ0) is 12.3. The summed E-state index contributed by atoms with van der Waals surface area (Å²) in [6, 6.07) is 0.685. The van der Waals surface area contributed by atoms with E-state index in [-0.39, 0.29) is 5.54 Å². The molecular weight excluding hydrogens is 214 g/mol. The smallest absolute Gasteiger partial charge is 0.0589 e. The molecule has 2 N–H and O–H groups in total. The molecule has 0 aromatic rings. The second kappa shape index (κ2) is 5.65. The zero-order valence-electron chi connectivity index (χ0n) is 11.3. The Labute approximate surface area is 105 Å². The van der Waals surface area contributed by atoms with Crippen LogP contribution < -0.4 is 5.73 Å². The van der Waals surface area contributed by atoms with Crippen LogP contribution in [0.15, 0.2) is 0 Å². The third-order valence-corrected chi connectivity index (χ3v) is 4.75. The van der Waals surface area contributed by atoms with Gasteiger partial charge in [0.25, 0.3) is 0 Å². The average Bonchev–Trinajstić information content (AvgIpc) is 2.93. The maximum absolute atomic E-state index is 6.16. The van der Waals surface area contributed by atoms with Gasteiger partial charge in [0.05, 0.1) is 6.61 Å². The molecule has 4 heteroatoms. The van der Waals surface area contributed by atoms with E-state index < -0.39 is 0 Å². The molecule has 2 unspecified atom stereocenters. The summed E-state index contributed by atoms with van der Waals surface area (Å²) in [6.07, 6.45) is 3.89. The third kappa shape index (κ3) is 2.24. The number of ether oxygens (including phenoxy) is 1. The first-order valence-electron chi connectivity index (χ1n) is 6.96. The summed E-state index contributed by atoms with van der Waals surface area (Å²) in [5, 5.41) is 0. The number of rotatable bonds is 6. The van der Waals surface area contributed by atoms with Gasteiger partial charge in [-0.15, -0.1) is 0 Å². The molecule has 0 radical (unpaired) electrons. The van der Waals surface area contributed by atoms with Gasteiger partial charge in [-0.3, -0.25) is 9.80 Å². The third-order valence-electron chi connectivity index (χ3n) is 4.75. The molecule has 100 valence electrons. The standard InChI is InChI=1S/C13H27N3O/c1-3-16(9-10-17-2)13(11-14)6-8-15-7-4-5-12(13)15/h12H,3-11,14H2,1-2H3. The minimum atomic E-state index is 0.212. The van der Waals surface area contributed by atoms with Crippen LogP contribution in [-0.4, -0.2) is 67.8 Å². The second-order valence-corrected chi connectivity index (χ2v) is 5.32. The lowest BCUT2D eigenvalue weighted by Crippen LogP contribution is -2.60. The summed E-state index contributed by atoms with van der Waals surface area (Å²) in [6.45, 7) is 8.41. The quantitative estimate of drug-likeness (QED) is 0.736. The van der Waals surface area contributed by atoms with Crippen LogP contribution in [-0.2, 0) is 4.74 Å². The van der Waals surface area contributed by atoms with Crippen molar-refractivity contribution < 1.29 is 4.74 Å². The largest absolute Gasteiger partial charge is 0.383 e. The fourth-order valence-electron chi connectivity index (χ4n) is 3.84. The van der Waals surface area contributed by atoms with Gasteiger partial charge in [-0.1, -0.05) is 6.92 Å². The molecule has 2 aliphatic heterocycles. The SMILES string of the molecule is CCN(CCOC)C1(CN)CCN2CCCC21. The van der Waals surface area contributed by atoms with Gasteiger partial charge in [-0.2, -0.15) is 0 Å². The maximum Gasteiger partial charge on any atom is 0.0589 e. The molecule has 2 rings (SSSR count). The van der Waals surface area contributed by atoms with Crippen LogP contribution in [0.3, 0.4) is 0 Å². The van der Waals surface area contributed by atoms with E-state index in [4.69, 9.17) is 10.5 Å². The van der Waals surface area contributed by atoms with Crippen molar-refractivity contribution in [2.45, 2.75) is 37.8 Å². The number of methoxy groups -OCH3 is 1. The van der Waals surface area contributed by atoms with E-state index in [0.29, 0.717) is 6.04 Å². The molecule has 0 spiro atoms. The van der Waals surface area contributed by atoms with Crippen LogP contribution in [0.25, 0.3) is 0 Å². The van der Waals surface area contributed by atoms with Crippen molar-refractivity contribution in [1.29, 1.82) is 0 Å². The van der Waals surface area contributed by atoms with Crippen LogP contribution in [0.1, 0.15) is 26.2 Å². The van der Waals surface area contributed by atoms with E-state index >= 15 is 0 Å². The molecular formula is C13H27N3O. The lowest BCUT2D eigenvalue weighted by molar-refractivity contribution is 0.0443. The summed E-state index contributed by atoms with van der Waals surface area (Å²) in [4.78, 5) is 5.20. The Hall–Kier alpha value is -0.160. The lowest BCUT2D eigenvalue weighted by atomic mass is 9.86. The molecule has 0 aromatic carbocycles. The van der Waals surface area contributed by atoms with E-state index in [1.165, 1.54) is 32.4 Å². The first-order valence-corrected chi connectivity index (χ1v) is 6.96. The van der Waals surface area contributed by atoms with Crippen molar-refractivity contribution in [3.63, 3.8) is 0 Å². The highest BCUT2D eigenvalue weighted by atomic mass is 16.5. The molecule has 4 nitrogen and oxygen atoms in total. The fraction of sp³-hybridized carbons (Fsp3) is 1.00. The topological polar surface area (TPSA) is 41.7 Å². The molecule has 0 saturated carbocycles. The molecule has 2 heterocycles. The first kappa shape index (κ1) is 13.3. The van der Waals surface area contributed by atoms with Crippen molar-refractivity contribution in [2.75, 3.05) is 46.4 Å². The Kier molecular flexibility index (Phi) is 4.42. The van der Waals surface area contributed by atoms with Crippen molar-refractivity contribution in [3.05, 3.63) is 0 Å². The van der Waals surface area contributed by atoms with Gasteiger partial charge in [-0.25, -0.2) is 0 Å². The Bertz CT molecular complexity index is 249. The molecule has 2 atom stereocenters. The zero-order valence-corrected chi connectivity index (χ0v) is 11.3. The summed E-state index contributed by atoms with van der Waals surface area (Å²) >= 11 is 0. The van der Waals surface area contributed by atoms with Gasteiger partial charge in [0, 0.05) is 38.3 Å². The Morgan fingerprint density at radius 2 is 2.29 bits per heavy atom. The predicted molar refractivity (Wildman–Crippen MR) is 70.1 cm³/mol. The van der Waals surface area contributed by atoms with Crippen LogP contribution in [0.2, 0.25) is 0 Å². The molecule has 2 aliphatic rings. The number of hydrogen-bond donors (Lipinski definition) is 1. The summed E-state index contributed by atoms with van der Waals surface area (Å²) in [5.74, 6) is 0. The van der Waals surface area contributed by atoms with Crippen molar-refractivity contribution in [2.24, 2.45) is 5.73 Å². The first-order chi connectivity index (χ1) is 8.28. The highest BCUT2D eigenvalue weighted by molar-refractivity contribution is 5.09. The monoisotopic (exact) mass is 241 g/mol. The fourth-order valence-corrected chi connectivity index (χ4v) is 3.84. The molecule has 0 bridgehead atoms. The van der Waals surface area contributed by atoms with Gasteiger partial charge >= 0.3 is 0 Å². The predicted octanol–water partition coefficient (Wildman–Crippen LogP) is 0.520. The number of likely N-dealkylation sites (N-methyl/N-ethyl adjacent to an activating group) is 1. The minimum absolute atomic E-state index is 0.212. The van der Waals surface area contributed by atoms with Crippen LogP contribution in [0.5, 0.6) is 0 Å². The summed E-state index contributed by atoms with van der Waals surface area (Å²) in [5.41, 5.74) is 6.38. The number of nitrogens with zero attached hydrogens (tertiary/aromatic N) is 2. The van der Waals surface area contributed by atoms with Gasteiger partial charge < -0.3 is 10.5 Å². The molecule has 0 aliphatic carbocycles. The normalized spacial score (nSPS) is 33.5. The molecule has 2 fully saturated rings. The second-order valence-electron chi connectivity index (χ2n) is 5.32.